The molecular formula is C7H7N2O3. The van der Waals surface area contributed by atoms with Gasteiger partial charge in [0.1, 0.15) is 12.0 Å². The quantitative estimate of drug-likeness (QED) is 0.486. The zero-order valence-electron chi connectivity index (χ0n) is 6.19. The number of furan rings is 1. The molecule has 5 nitrogen and oxygen atoms in total. The smallest absolute Gasteiger partial charge is 0.284 e. The highest BCUT2D eigenvalue weighted by Gasteiger charge is 1.93. The average Bonchev–Trinajstić information content (AvgIpc) is 2.49. The minimum absolute atomic E-state index is 0.163. The molecule has 1 heterocycles. The molecule has 1 aromatic heterocycles. The van der Waals surface area contributed by atoms with E-state index in [-0.39, 0.29) is 6.61 Å². The van der Waals surface area contributed by atoms with Gasteiger partial charge in [-0.3, -0.25) is 10.5 Å². The molecule has 1 aromatic rings. The molecule has 5 heteroatoms. The van der Waals surface area contributed by atoms with Crippen LogP contribution < -0.4 is 5.73 Å². The third-order valence-corrected chi connectivity index (χ3v) is 1.03. The molecule has 0 aromatic carbocycles. The first kappa shape index (κ1) is 8.32. The predicted molar refractivity (Wildman–Crippen MR) is 40.1 cm³/mol. The van der Waals surface area contributed by atoms with Gasteiger partial charge in [-0.25, -0.2) is 0 Å². The van der Waals surface area contributed by atoms with Crippen molar-refractivity contribution in [2.45, 2.75) is 6.61 Å². The average molecular weight is 167 g/mol. The van der Waals surface area contributed by atoms with E-state index in [4.69, 9.17) is 10.2 Å². The number of nitrogens with one attached hydrogen (secondary N) is 1. The van der Waals surface area contributed by atoms with E-state index < -0.39 is 5.91 Å². The third kappa shape index (κ3) is 2.87. The molecule has 0 saturated heterocycles. The van der Waals surface area contributed by atoms with Gasteiger partial charge in [0.25, 0.3) is 5.91 Å². The van der Waals surface area contributed by atoms with Crippen LogP contribution in [0.2, 0.25) is 0 Å². The molecule has 0 aliphatic carbocycles. The fourth-order valence-corrected chi connectivity index (χ4v) is 0.581. The highest BCUT2D eigenvalue weighted by Crippen LogP contribution is 2.00. The number of hydrogen-bond acceptors (Lipinski definition) is 4. The molecule has 0 fully saturated rings. The van der Waals surface area contributed by atoms with Gasteiger partial charge in [0.2, 0.25) is 0 Å². The van der Waals surface area contributed by atoms with Crippen LogP contribution in [-0.2, 0) is 16.2 Å². The van der Waals surface area contributed by atoms with Crippen molar-refractivity contribution in [3.05, 3.63) is 24.2 Å². The minimum Gasteiger partial charge on any atom is -0.466 e. The lowest BCUT2D eigenvalue weighted by Crippen LogP contribution is -1.98. The summed E-state index contributed by atoms with van der Waals surface area (Å²) in [6.45, 7) is 0.163. The Balaban J connectivity index is 2.23. The summed E-state index contributed by atoms with van der Waals surface area (Å²) in [5, 5.41) is 3.22. The molecule has 0 unspecified atom stereocenters. The lowest BCUT2D eigenvalue weighted by molar-refractivity contribution is -0.112. The molecule has 1 rings (SSSR count). The predicted octanol–water partition coefficient (Wildman–Crippen LogP) is 0.591. The Labute approximate surface area is 68.8 Å². The highest BCUT2D eigenvalue weighted by atomic mass is 16.6. The van der Waals surface area contributed by atoms with Crippen LogP contribution in [-0.4, -0.2) is 12.1 Å². The van der Waals surface area contributed by atoms with Gasteiger partial charge in [0, 0.05) is 0 Å². The van der Waals surface area contributed by atoms with E-state index in [1.807, 2.05) is 0 Å². The van der Waals surface area contributed by atoms with Gasteiger partial charge in [0.15, 0.2) is 6.61 Å². The fraction of sp³-hybridized carbons (Fsp3) is 0.143. The molecule has 1 N–H and O–H groups in total. The number of amides is 1. The number of oxime groups is 1. The van der Waals surface area contributed by atoms with Crippen LogP contribution in [0.1, 0.15) is 5.76 Å². The molecule has 0 spiro atoms. The van der Waals surface area contributed by atoms with Crippen molar-refractivity contribution in [1.82, 2.24) is 5.73 Å². The molecule has 1 radical (unpaired) electrons. The topological polar surface area (TPSA) is 75.6 Å². The number of nitrogens with zero attached hydrogens (tertiary/aromatic N) is 1. The maximum Gasteiger partial charge on any atom is 0.284 e. The number of carbonyl (C=O) groups is 1. The first-order valence-electron chi connectivity index (χ1n) is 3.22. The van der Waals surface area contributed by atoms with Gasteiger partial charge in [-0.1, -0.05) is 5.16 Å². The number of hydrogen-bond donors (Lipinski definition) is 0. The largest absolute Gasteiger partial charge is 0.466 e. The van der Waals surface area contributed by atoms with Gasteiger partial charge >= 0.3 is 0 Å². The molecule has 0 saturated carbocycles. The molecule has 0 bridgehead atoms. The van der Waals surface area contributed by atoms with Gasteiger partial charge < -0.3 is 9.25 Å². The second-order valence-corrected chi connectivity index (χ2v) is 1.95. The Bertz CT molecular complexity index is 266. The lowest BCUT2D eigenvalue weighted by atomic mass is 10.5. The van der Waals surface area contributed by atoms with E-state index >= 15 is 0 Å². The van der Waals surface area contributed by atoms with Gasteiger partial charge in [-0.05, 0) is 12.1 Å². The van der Waals surface area contributed by atoms with Crippen LogP contribution in [0, 0.1) is 0 Å². The second kappa shape index (κ2) is 4.17. The highest BCUT2D eigenvalue weighted by molar-refractivity contribution is 6.24. The third-order valence-electron chi connectivity index (χ3n) is 1.03. The van der Waals surface area contributed by atoms with Gasteiger partial charge in [0.05, 0.1) is 6.26 Å². The van der Waals surface area contributed by atoms with Crippen LogP contribution in [0.3, 0.4) is 0 Å². The fourth-order valence-electron chi connectivity index (χ4n) is 0.581. The SMILES string of the molecule is [NH]C(=O)/C=N\OCc1ccco1. The second-order valence-electron chi connectivity index (χ2n) is 1.95. The van der Waals surface area contributed by atoms with Crippen molar-refractivity contribution in [3.63, 3.8) is 0 Å². The summed E-state index contributed by atoms with van der Waals surface area (Å²) < 4.78 is 4.91. The molecule has 63 valence electrons. The van der Waals surface area contributed by atoms with Crippen molar-refractivity contribution in [3.8, 4) is 0 Å². The van der Waals surface area contributed by atoms with Gasteiger partial charge in [-0.15, -0.1) is 0 Å². The Hall–Kier alpha value is -1.78. The standard InChI is InChI=1S/C7H7N2O3/c8-7(10)4-9-12-5-6-2-1-3-11-6/h1-4,8H,5H2/b9-4-. The van der Waals surface area contributed by atoms with E-state index in [1.54, 1.807) is 12.1 Å². The first-order chi connectivity index (χ1) is 5.79. The monoisotopic (exact) mass is 167 g/mol. The van der Waals surface area contributed by atoms with Crippen molar-refractivity contribution in [1.29, 1.82) is 0 Å². The summed E-state index contributed by atoms with van der Waals surface area (Å²) >= 11 is 0. The number of carbonyl (C=O) groups excluding carboxylic acids is 1. The lowest BCUT2D eigenvalue weighted by Gasteiger charge is -1.92. The normalized spacial score (nSPS) is 10.3. The minimum atomic E-state index is -0.894. The summed E-state index contributed by atoms with van der Waals surface area (Å²) in [7, 11) is 0. The van der Waals surface area contributed by atoms with Crippen molar-refractivity contribution >= 4 is 12.1 Å². The van der Waals surface area contributed by atoms with Gasteiger partial charge in [-0.2, -0.15) is 0 Å². The van der Waals surface area contributed by atoms with E-state index in [9.17, 15) is 4.79 Å². The van der Waals surface area contributed by atoms with Crippen molar-refractivity contribution in [2.24, 2.45) is 5.16 Å². The van der Waals surface area contributed by atoms with E-state index in [1.165, 1.54) is 6.26 Å². The van der Waals surface area contributed by atoms with Crippen LogP contribution >= 0.6 is 0 Å². The Morgan fingerprint density at radius 1 is 1.83 bits per heavy atom. The van der Waals surface area contributed by atoms with E-state index in [2.05, 4.69) is 9.99 Å². The number of rotatable bonds is 4. The maximum absolute atomic E-state index is 10.0. The van der Waals surface area contributed by atoms with Crippen molar-refractivity contribution in [2.75, 3.05) is 0 Å². The van der Waals surface area contributed by atoms with Crippen LogP contribution in [0.5, 0.6) is 0 Å². The summed E-state index contributed by atoms with van der Waals surface area (Å²) in [6.07, 6.45) is 2.29. The first-order valence-corrected chi connectivity index (χ1v) is 3.22. The molecule has 1 amide bonds. The zero-order chi connectivity index (χ0) is 8.81. The van der Waals surface area contributed by atoms with E-state index in [0.29, 0.717) is 5.76 Å². The molecule has 0 aliphatic heterocycles. The summed E-state index contributed by atoms with van der Waals surface area (Å²) in [6, 6.07) is 3.44. The summed E-state index contributed by atoms with van der Waals surface area (Å²) in [4.78, 5) is 14.6. The molecule has 0 aliphatic rings. The maximum atomic E-state index is 10.0. The Kier molecular flexibility index (Phi) is 2.89. The molecule has 12 heavy (non-hydrogen) atoms. The zero-order valence-corrected chi connectivity index (χ0v) is 6.19. The Morgan fingerprint density at radius 2 is 2.67 bits per heavy atom. The van der Waals surface area contributed by atoms with Crippen LogP contribution in [0.4, 0.5) is 0 Å². The summed E-state index contributed by atoms with van der Waals surface area (Å²) in [5.41, 5.74) is 6.44. The van der Waals surface area contributed by atoms with E-state index in [0.717, 1.165) is 6.21 Å². The summed E-state index contributed by atoms with van der Waals surface area (Å²) in [5.74, 6) is -0.279. The Morgan fingerprint density at radius 3 is 3.25 bits per heavy atom. The van der Waals surface area contributed by atoms with Crippen LogP contribution in [0.15, 0.2) is 28.0 Å². The van der Waals surface area contributed by atoms with Crippen LogP contribution in [0.25, 0.3) is 0 Å². The van der Waals surface area contributed by atoms with Crippen molar-refractivity contribution < 1.29 is 14.0 Å². The molecular weight excluding hydrogens is 160 g/mol. The molecule has 0 atom stereocenters.